The summed E-state index contributed by atoms with van der Waals surface area (Å²) in [5.74, 6) is 1.48. The van der Waals surface area contributed by atoms with Gasteiger partial charge in [0.15, 0.2) is 11.5 Å². The Morgan fingerprint density at radius 2 is 1.66 bits per heavy atom. The van der Waals surface area contributed by atoms with Gasteiger partial charge in [0, 0.05) is 24.5 Å². The zero-order valence-electron chi connectivity index (χ0n) is 25.5. The highest BCUT2D eigenvalue weighted by molar-refractivity contribution is 7.09. The average Bonchev–Trinajstić information content (AvgIpc) is 3.60. The quantitative estimate of drug-likeness (QED) is 0.232. The van der Waals surface area contributed by atoms with Gasteiger partial charge in [-0.2, -0.15) is 0 Å². The number of carbonyl (C=O) groups is 1. The lowest BCUT2D eigenvalue weighted by molar-refractivity contribution is 0.0932. The topological polar surface area (TPSA) is 66.9 Å². The van der Waals surface area contributed by atoms with Crippen molar-refractivity contribution in [2.45, 2.75) is 85.5 Å². The Bertz CT molecular complexity index is 1260. The van der Waals surface area contributed by atoms with E-state index in [0.717, 1.165) is 67.6 Å². The zero-order chi connectivity index (χ0) is 29.4. The Morgan fingerprint density at radius 1 is 0.976 bits per heavy atom. The molecule has 0 saturated heterocycles. The van der Waals surface area contributed by atoms with Crippen molar-refractivity contribution in [3.8, 4) is 11.5 Å². The van der Waals surface area contributed by atoms with E-state index in [1.165, 1.54) is 11.1 Å². The zero-order valence-corrected chi connectivity index (χ0v) is 26.4. The van der Waals surface area contributed by atoms with Gasteiger partial charge in [0.25, 0.3) is 5.91 Å². The van der Waals surface area contributed by atoms with Crippen molar-refractivity contribution in [2.75, 3.05) is 26.4 Å². The molecule has 0 bridgehead atoms. The molecule has 1 aliphatic rings. The molecule has 4 rings (SSSR count). The van der Waals surface area contributed by atoms with Crippen LogP contribution in [0.4, 0.5) is 0 Å². The summed E-state index contributed by atoms with van der Waals surface area (Å²) in [6, 6.07) is 15.1. The number of benzene rings is 2. The molecule has 1 N–H and O–H groups in total. The summed E-state index contributed by atoms with van der Waals surface area (Å²) < 4.78 is 11.1. The van der Waals surface area contributed by atoms with Crippen molar-refractivity contribution >= 4 is 17.2 Å². The lowest BCUT2D eigenvalue weighted by Gasteiger charge is -2.23. The van der Waals surface area contributed by atoms with E-state index in [-0.39, 0.29) is 24.2 Å². The molecular formula is C33H46N4O3S. The van der Waals surface area contributed by atoms with Gasteiger partial charge in [-0.3, -0.25) is 9.69 Å². The molecule has 1 aromatic heterocycles. The molecule has 0 saturated carbocycles. The number of aromatic nitrogens is 1. The molecule has 1 amide bonds. The maximum absolute atomic E-state index is 13.0. The summed E-state index contributed by atoms with van der Waals surface area (Å²) in [6.07, 6.45) is 2.02. The molecule has 2 heterocycles. The van der Waals surface area contributed by atoms with Crippen LogP contribution in [0, 0.1) is 0 Å². The van der Waals surface area contributed by atoms with Gasteiger partial charge >= 0.3 is 0 Å². The van der Waals surface area contributed by atoms with Crippen LogP contribution in [0.5, 0.6) is 11.5 Å². The van der Waals surface area contributed by atoms with Crippen molar-refractivity contribution in [3.05, 3.63) is 75.2 Å². The molecule has 222 valence electrons. The highest BCUT2D eigenvalue weighted by Gasteiger charge is 2.19. The van der Waals surface area contributed by atoms with E-state index in [9.17, 15) is 4.79 Å². The van der Waals surface area contributed by atoms with E-state index in [1.54, 1.807) is 11.3 Å². The number of rotatable bonds is 14. The van der Waals surface area contributed by atoms with E-state index in [0.29, 0.717) is 12.2 Å². The maximum Gasteiger partial charge on any atom is 0.270 e. The van der Waals surface area contributed by atoms with Crippen LogP contribution in [0.1, 0.15) is 86.6 Å². The Morgan fingerprint density at radius 3 is 2.37 bits per heavy atom. The van der Waals surface area contributed by atoms with Crippen LogP contribution in [0.25, 0.3) is 0 Å². The van der Waals surface area contributed by atoms with Crippen molar-refractivity contribution in [2.24, 2.45) is 0 Å². The summed E-state index contributed by atoms with van der Waals surface area (Å²) in [4.78, 5) is 22.5. The fraction of sp³-hybridized carbons (Fsp3) is 0.515. The highest BCUT2D eigenvalue weighted by atomic mass is 32.1. The fourth-order valence-corrected chi connectivity index (χ4v) is 5.86. The monoisotopic (exact) mass is 578 g/mol. The van der Waals surface area contributed by atoms with Crippen LogP contribution in [0.15, 0.2) is 47.8 Å². The second-order valence-corrected chi connectivity index (χ2v) is 12.9. The van der Waals surface area contributed by atoms with Gasteiger partial charge in [-0.15, -0.1) is 11.3 Å². The Balaban J connectivity index is 1.41. The minimum atomic E-state index is -0.0945. The number of fused-ring (bicyclic) bond motifs is 1. The SMILES string of the molecule is CCN(CC)CCCC(C)NC(=O)c1csc(CN(Cc2ccc(C(C)(C)C)cc2)Cc2ccc3c(c2)OCO3)n1. The van der Waals surface area contributed by atoms with Crippen LogP contribution in [-0.4, -0.2) is 53.2 Å². The average molecular weight is 579 g/mol. The Labute approximate surface area is 249 Å². The predicted molar refractivity (Wildman–Crippen MR) is 167 cm³/mol. The molecule has 7 nitrogen and oxygen atoms in total. The minimum Gasteiger partial charge on any atom is -0.454 e. The Kier molecular flexibility index (Phi) is 10.8. The lowest BCUT2D eigenvalue weighted by atomic mass is 9.87. The third kappa shape index (κ3) is 9.02. The maximum atomic E-state index is 13.0. The van der Waals surface area contributed by atoms with Crippen LogP contribution in [-0.2, 0) is 25.0 Å². The van der Waals surface area contributed by atoms with E-state index in [4.69, 9.17) is 14.5 Å². The van der Waals surface area contributed by atoms with Gasteiger partial charge < -0.3 is 19.7 Å². The van der Waals surface area contributed by atoms with E-state index in [1.807, 2.05) is 11.4 Å². The van der Waals surface area contributed by atoms with Crippen LogP contribution in [0.2, 0.25) is 0 Å². The van der Waals surface area contributed by atoms with Crippen molar-refractivity contribution in [1.29, 1.82) is 0 Å². The Hall–Kier alpha value is -2.94. The van der Waals surface area contributed by atoms with E-state index < -0.39 is 0 Å². The molecule has 41 heavy (non-hydrogen) atoms. The smallest absolute Gasteiger partial charge is 0.270 e. The van der Waals surface area contributed by atoms with Gasteiger partial charge in [0.2, 0.25) is 6.79 Å². The van der Waals surface area contributed by atoms with E-state index >= 15 is 0 Å². The molecule has 1 atom stereocenters. The molecular weight excluding hydrogens is 532 g/mol. The van der Waals surface area contributed by atoms with Gasteiger partial charge in [-0.1, -0.05) is 65.0 Å². The second kappa shape index (κ2) is 14.3. The number of hydrogen-bond donors (Lipinski definition) is 1. The highest BCUT2D eigenvalue weighted by Crippen LogP contribution is 2.33. The normalized spacial score (nSPS) is 13.7. The van der Waals surface area contributed by atoms with Crippen LogP contribution >= 0.6 is 11.3 Å². The van der Waals surface area contributed by atoms with E-state index in [2.05, 4.69) is 93.1 Å². The standard InChI is InChI=1S/C33H46N4O3S/c1-7-36(8-2)17-9-10-24(3)34-32(38)28-22-41-31(35-28)21-37(19-25-11-14-27(15-12-25)33(4,5)6)20-26-13-16-29-30(18-26)40-23-39-29/h11-16,18,22,24H,7-10,17,19-21,23H2,1-6H3,(H,34,38). The molecule has 0 radical (unpaired) electrons. The molecule has 2 aromatic carbocycles. The van der Waals surface area contributed by atoms with Gasteiger partial charge in [-0.05, 0) is 73.6 Å². The first kappa shape index (κ1) is 31.0. The molecule has 8 heteroatoms. The lowest BCUT2D eigenvalue weighted by Crippen LogP contribution is -2.34. The summed E-state index contributed by atoms with van der Waals surface area (Å²) in [5, 5.41) is 5.95. The summed E-state index contributed by atoms with van der Waals surface area (Å²) >= 11 is 1.54. The number of carbonyl (C=O) groups excluding carboxylic acids is 1. The van der Waals surface area contributed by atoms with Crippen LogP contribution in [0.3, 0.4) is 0 Å². The van der Waals surface area contributed by atoms with Gasteiger partial charge in [-0.25, -0.2) is 4.98 Å². The first-order chi connectivity index (χ1) is 19.6. The number of nitrogens with zero attached hydrogens (tertiary/aromatic N) is 3. The van der Waals surface area contributed by atoms with Gasteiger partial charge in [0.05, 0.1) is 6.54 Å². The molecule has 1 unspecified atom stereocenters. The summed E-state index contributed by atoms with van der Waals surface area (Å²) in [6.45, 7) is 18.7. The number of ether oxygens (including phenoxy) is 2. The summed E-state index contributed by atoms with van der Waals surface area (Å²) in [7, 11) is 0. The third-order valence-electron chi connectivity index (χ3n) is 7.60. The van der Waals surface area contributed by atoms with Crippen molar-refractivity contribution in [3.63, 3.8) is 0 Å². The second-order valence-electron chi connectivity index (χ2n) is 11.9. The number of nitrogens with one attached hydrogen (secondary N) is 1. The number of thiazole rings is 1. The predicted octanol–water partition coefficient (Wildman–Crippen LogP) is 6.61. The fourth-order valence-electron chi connectivity index (χ4n) is 5.04. The number of amides is 1. The summed E-state index contributed by atoms with van der Waals surface area (Å²) in [5.41, 5.74) is 4.32. The molecule has 0 spiro atoms. The molecule has 3 aromatic rings. The van der Waals surface area contributed by atoms with Gasteiger partial charge in [0.1, 0.15) is 10.7 Å². The minimum absolute atomic E-state index is 0.0945. The molecule has 0 aliphatic carbocycles. The first-order valence-corrected chi connectivity index (χ1v) is 15.7. The first-order valence-electron chi connectivity index (χ1n) is 14.8. The van der Waals surface area contributed by atoms with Crippen molar-refractivity contribution < 1.29 is 14.3 Å². The molecule has 1 aliphatic heterocycles. The largest absolute Gasteiger partial charge is 0.454 e. The van der Waals surface area contributed by atoms with Crippen LogP contribution < -0.4 is 14.8 Å². The molecule has 0 fully saturated rings. The third-order valence-corrected chi connectivity index (χ3v) is 8.43. The number of hydrogen-bond acceptors (Lipinski definition) is 7. The van der Waals surface area contributed by atoms with Crippen molar-refractivity contribution in [1.82, 2.24) is 20.1 Å².